The zero-order valence-electron chi connectivity index (χ0n) is 13.0. The number of carbonyl (C=O) groups excluding carboxylic acids is 1. The zero-order valence-corrected chi connectivity index (χ0v) is 13.0. The minimum absolute atomic E-state index is 0.0324. The van der Waals surface area contributed by atoms with Crippen LogP contribution < -0.4 is 26.4 Å². The molecule has 0 radical (unpaired) electrons. The van der Waals surface area contributed by atoms with E-state index in [0.29, 0.717) is 31.9 Å². The molecule has 0 spiro atoms. The Bertz CT molecular complexity index is 586. The molecule has 8 nitrogen and oxygen atoms in total. The highest BCUT2D eigenvalue weighted by Crippen LogP contribution is 2.20. The smallest absolute Gasteiger partial charge is 0.253 e. The van der Waals surface area contributed by atoms with Gasteiger partial charge in [-0.25, -0.2) is 0 Å². The molecule has 22 heavy (non-hydrogen) atoms. The van der Waals surface area contributed by atoms with Crippen LogP contribution in [0.4, 0.5) is 11.4 Å². The Morgan fingerprint density at radius 2 is 1.86 bits per heavy atom. The Morgan fingerprint density at radius 3 is 2.50 bits per heavy atom. The lowest BCUT2D eigenvalue weighted by Crippen LogP contribution is -2.51. The van der Waals surface area contributed by atoms with E-state index in [1.807, 2.05) is 11.9 Å². The third kappa shape index (κ3) is 3.63. The standard InChI is InChI=1S/C14H22N4O4/c1-17-4-6-18(7-5-17)12-11(13(20)14(12)21)16-9-10(19)15-3-8-22-2/h16H,3-9H2,1-2H3,(H,15,19). The number of methoxy groups -OCH3 is 1. The Balaban J connectivity index is 1.92. The molecule has 2 rings (SSSR count). The number of ether oxygens (including phenoxy) is 1. The van der Waals surface area contributed by atoms with Crippen molar-refractivity contribution >= 4 is 17.3 Å². The molecule has 1 amide bonds. The zero-order chi connectivity index (χ0) is 16.1. The van der Waals surface area contributed by atoms with Crippen LogP contribution in [-0.4, -0.2) is 70.8 Å². The first-order chi connectivity index (χ1) is 10.5. The van der Waals surface area contributed by atoms with Crippen LogP contribution in [0.2, 0.25) is 0 Å². The summed E-state index contributed by atoms with van der Waals surface area (Å²) in [5.41, 5.74) is -0.329. The number of hydrogen-bond acceptors (Lipinski definition) is 7. The topological polar surface area (TPSA) is 91.0 Å². The minimum atomic E-state index is -0.543. The third-order valence-electron chi connectivity index (χ3n) is 3.76. The van der Waals surface area contributed by atoms with Gasteiger partial charge in [0.1, 0.15) is 11.4 Å². The van der Waals surface area contributed by atoms with Crippen LogP contribution in [0.3, 0.4) is 0 Å². The van der Waals surface area contributed by atoms with Crippen molar-refractivity contribution < 1.29 is 9.53 Å². The summed E-state index contributed by atoms with van der Waals surface area (Å²) in [5.74, 6) is -0.241. The molecular formula is C14H22N4O4. The lowest BCUT2D eigenvalue weighted by molar-refractivity contribution is -0.119. The number of rotatable bonds is 7. The van der Waals surface area contributed by atoms with Crippen LogP contribution in [0.25, 0.3) is 0 Å². The van der Waals surface area contributed by atoms with Gasteiger partial charge in [0.15, 0.2) is 0 Å². The van der Waals surface area contributed by atoms with Crippen molar-refractivity contribution in [3.63, 3.8) is 0 Å². The van der Waals surface area contributed by atoms with Gasteiger partial charge in [-0.15, -0.1) is 0 Å². The summed E-state index contributed by atoms with van der Waals surface area (Å²) in [6, 6.07) is 0. The summed E-state index contributed by atoms with van der Waals surface area (Å²) in [5, 5.41) is 5.43. The van der Waals surface area contributed by atoms with E-state index in [2.05, 4.69) is 15.5 Å². The van der Waals surface area contributed by atoms with Gasteiger partial charge in [-0.1, -0.05) is 0 Å². The molecule has 0 bridgehead atoms. The Labute approximate surface area is 128 Å². The van der Waals surface area contributed by atoms with E-state index in [0.717, 1.165) is 13.1 Å². The molecule has 2 N–H and O–H groups in total. The molecule has 0 saturated carbocycles. The van der Waals surface area contributed by atoms with Crippen molar-refractivity contribution in [1.29, 1.82) is 0 Å². The van der Waals surface area contributed by atoms with Crippen LogP contribution in [0, 0.1) is 0 Å². The fourth-order valence-corrected chi connectivity index (χ4v) is 2.40. The first kappa shape index (κ1) is 16.4. The van der Waals surface area contributed by atoms with Crippen LogP contribution >= 0.6 is 0 Å². The molecule has 0 aliphatic carbocycles. The van der Waals surface area contributed by atoms with Gasteiger partial charge in [0.05, 0.1) is 13.2 Å². The minimum Gasteiger partial charge on any atom is -0.383 e. The quantitative estimate of drug-likeness (QED) is 0.454. The van der Waals surface area contributed by atoms with E-state index in [1.165, 1.54) is 0 Å². The summed E-state index contributed by atoms with van der Waals surface area (Å²) >= 11 is 0. The van der Waals surface area contributed by atoms with Gasteiger partial charge < -0.3 is 25.2 Å². The highest BCUT2D eigenvalue weighted by Gasteiger charge is 2.27. The molecule has 1 fully saturated rings. The molecule has 0 unspecified atom stereocenters. The third-order valence-corrected chi connectivity index (χ3v) is 3.76. The van der Waals surface area contributed by atoms with Crippen molar-refractivity contribution in [2.24, 2.45) is 0 Å². The summed E-state index contributed by atoms with van der Waals surface area (Å²) in [7, 11) is 3.57. The molecule has 1 aromatic rings. The van der Waals surface area contributed by atoms with Crippen molar-refractivity contribution in [1.82, 2.24) is 10.2 Å². The molecule has 1 saturated heterocycles. The summed E-state index contributed by atoms with van der Waals surface area (Å²) in [4.78, 5) is 39.2. The van der Waals surface area contributed by atoms with Crippen molar-refractivity contribution in [3.8, 4) is 0 Å². The number of anilines is 2. The lowest BCUT2D eigenvalue weighted by atomic mass is 10.1. The van der Waals surface area contributed by atoms with Crippen molar-refractivity contribution in [2.45, 2.75) is 0 Å². The number of hydrogen-bond donors (Lipinski definition) is 2. The summed E-state index contributed by atoms with van der Waals surface area (Å²) in [6.07, 6.45) is 0. The highest BCUT2D eigenvalue weighted by atomic mass is 16.5. The normalized spacial score (nSPS) is 16.0. The second-order valence-electron chi connectivity index (χ2n) is 5.37. The maximum Gasteiger partial charge on any atom is 0.253 e. The average Bonchev–Trinajstić information content (AvgIpc) is 2.52. The van der Waals surface area contributed by atoms with Gasteiger partial charge >= 0.3 is 0 Å². The number of amides is 1. The number of likely N-dealkylation sites (N-methyl/N-ethyl adjacent to an activating group) is 1. The molecular weight excluding hydrogens is 288 g/mol. The van der Waals surface area contributed by atoms with E-state index < -0.39 is 10.9 Å². The van der Waals surface area contributed by atoms with Crippen molar-refractivity contribution in [3.05, 3.63) is 20.4 Å². The summed E-state index contributed by atoms with van der Waals surface area (Å²) in [6.45, 7) is 3.90. The Hall–Kier alpha value is -1.93. The van der Waals surface area contributed by atoms with E-state index in [4.69, 9.17) is 4.74 Å². The van der Waals surface area contributed by atoms with E-state index >= 15 is 0 Å². The number of piperazine rings is 1. The van der Waals surface area contributed by atoms with E-state index in [9.17, 15) is 14.4 Å². The Kier molecular flexibility index (Phi) is 5.51. The van der Waals surface area contributed by atoms with Gasteiger partial charge in [0, 0.05) is 39.8 Å². The average molecular weight is 310 g/mol. The number of nitrogens with one attached hydrogen (secondary N) is 2. The van der Waals surface area contributed by atoms with Crippen LogP contribution in [-0.2, 0) is 9.53 Å². The lowest BCUT2D eigenvalue weighted by Gasteiger charge is -2.35. The monoisotopic (exact) mass is 310 g/mol. The molecule has 0 aromatic heterocycles. The van der Waals surface area contributed by atoms with E-state index in [1.54, 1.807) is 7.11 Å². The number of nitrogens with zero attached hydrogens (tertiary/aromatic N) is 2. The second-order valence-corrected chi connectivity index (χ2v) is 5.37. The first-order valence-corrected chi connectivity index (χ1v) is 7.31. The molecule has 0 atom stereocenters. The van der Waals surface area contributed by atoms with Crippen LogP contribution in [0.5, 0.6) is 0 Å². The molecule has 1 aliphatic rings. The van der Waals surface area contributed by atoms with Crippen molar-refractivity contribution in [2.75, 3.05) is 70.2 Å². The Morgan fingerprint density at radius 1 is 1.18 bits per heavy atom. The largest absolute Gasteiger partial charge is 0.383 e. The maximum atomic E-state index is 11.8. The SMILES string of the molecule is COCCNC(=O)CNc1c(N2CCN(C)CC2)c(=O)c1=O. The van der Waals surface area contributed by atoms with Gasteiger partial charge in [-0.2, -0.15) is 0 Å². The number of carbonyl (C=O) groups is 1. The second kappa shape index (κ2) is 7.37. The molecule has 1 heterocycles. The van der Waals surface area contributed by atoms with E-state index in [-0.39, 0.29) is 18.1 Å². The molecule has 1 aromatic carbocycles. The molecule has 1 aliphatic heterocycles. The van der Waals surface area contributed by atoms with Gasteiger partial charge in [-0.05, 0) is 7.05 Å². The van der Waals surface area contributed by atoms with Crippen LogP contribution in [0.1, 0.15) is 0 Å². The predicted molar refractivity (Wildman–Crippen MR) is 84.4 cm³/mol. The highest BCUT2D eigenvalue weighted by molar-refractivity contribution is 5.84. The van der Waals surface area contributed by atoms with Gasteiger partial charge in [-0.3, -0.25) is 14.4 Å². The summed E-state index contributed by atoms with van der Waals surface area (Å²) < 4.78 is 4.83. The molecule has 122 valence electrons. The van der Waals surface area contributed by atoms with Gasteiger partial charge in [0.25, 0.3) is 10.9 Å². The first-order valence-electron chi connectivity index (χ1n) is 7.31. The van der Waals surface area contributed by atoms with Crippen LogP contribution in [0.15, 0.2) is 9.59 Å². The molecule has 8 heteroatoms. The fraction of sp³-hybridized carbons (Fsp3) is 0.643. The van der Waals surface area contributed by atoms with Gasteiger partial charge in [0.2, 0.25) is 5.91 Å². The fourth-order valence-electron chi connectivity index (χ4n) is 2.40. The predicted octanol–water partition coefficient (Wildman–Crippen LogP) is -1.79. The maximum absolute atomic E-state index is 11.8.